The number of carbonyl (C=O) groups excluding carboxylic acids is 1. The average Bonchev–Trinajstić information content (AvgIpc) is 2.69. The zero-order valence-corrected chi connectivity index (χ0v) is 14.1. The van der Waals surface area contributed by atoms with Crippen molar-refractivity contribution in [3.8, 4) is 0 Å². The molecule has 1 fully saturated rings. The van der Waals surface area contributed by atoms with Gasteiger partial charge in [0.2, 0.25) is 5.95 Å². The second-order valence-corrected chi connectivity index (χ2v) is 6.24. The Balaban J connectivity index is 1.52. The van der Waals surface area contributed by atoms with Gasteiger partial charge in [-0.2, -0.15) is 0 Å². The molecule has 3 heterocycles. The fourth-order valence-corrected chi connectivity index (χ4v) is 3.05. The monoisotopic (exact) mass is 350 g/mol. The Morgan fingerprint density at radius 2 is 1.81 bits per heavy atom. The summed E-state index contributed by atoms with van der Waals surface area (Å²) in [5, 5.41) is 3.11. The van der Waals surface area contributed by atoms with Crippen LogP contribution in [0.5, 0.6) is 0 Å². The number of nitrogens with one attached hydrogen (secondary N) is 1. The molecule has 1 amide bonds. The molecule has 0 atom stereocenters. The van der Waals surface area contributed by atoms with Crippen molar-refractivity contribution >= 4 is 28.5 Å². The molecule has 1 aliphatic rings. The first-order valence-electron chi connectivity index (χ1n) is 8.62. The van der Waals surface area contributed by atoms with E-state index in [4.69, 9.17) is 4.42 Å². The fourth-order valence-electron chi connectivity index (χ4n) is 3.05. The predicted octanol–water partition coefficient (Wildman–Crippen LogP) is 2.83. The number of amides is 1. The molecular formula is C19H18N4O3. The quantitative estimate of drug-likeness (QED) is 0.781. The van der Waals surface area contributed by atoms with E-state index < -0.39 is 5.91 Å². The summed E-state index contributed by atoms with van der Waals surface area (Å²) in [6.45, 7) is 1.90. The minimum atomic E-state index is -0.512. The lowest BCUT2D eigenvalue weighted by atomic mass is 10.1. The van der Waals surface area contributed by atoms with Gasteiger partial charge in [0.1, 0.15) is 5.58 Å². The summed E-state index contributed by atoms with van der Waals surface area (Å²) in [6.07, 6.45) is 6.65. The van der Waals surface area contributed by atoms with Crippen LogP contribution in [-0.2, 0) is 0 Å². The number of piperidine rings is 1. The summed E-state index contributed by atoms with van der Waals surface area (Å²) in [5.41, 5.74) is 0.571. The molecule has 0 radical (unpaired) electrons. The molecule has 1 N–H and O–H groups in total. The summed E-state index contributed by atoms with van der Waals surface area (Å²) >= 11 is 0. The van der Waals surface area contributed by atoms with E-state index in [0.717, 1.165) is 25.9 Å². The van der Waals surface area contributed by atoms with Gasteiger partial charge < -0.3 is 14.6 Å². The molecular weight excluding hydrogens is 332 g/mol. The molecule has 0 saturated carbocycles. The molecule has 0 aliphatic carbocycles. The Kier molecular flexibility index (Phi) is 4.35. The summed E-state index contributed by atoms with van der Waals surface area (Å²) in [4.78, 5) is 35.3. The maximum Gasteiger partial charge on any atom is 0.291 e. The Bertz CT molecular complexity index is 992. The van der Waals surface area contributed by atoms with Crippen LogP contribution in [-0.4, -0.2) is 29.0 Å². The standard InChI is InChI=1S/C19H18N4O3/c24-15-10-17(26-16-7-3-2-6-14(15)16)18(25)22-13-11-20-19(21-12-13)23-8-4-1-5-9-23/h2-3,6-7,10-12H,1,4-5,8-9H2,(H,22,25). The number of anilines is 2. The van der Waals surface area contributed by atoms with Gasteiger partial charge in [-0.3, -0.25) is 9.59 Å². The van der Waals surface area contributed by atoms with E-state index in [1.807, 2.05) is 0 Å². The molecule has 26 heavy (non-hydrogen) atoms. The van der Waals surface area contributed by atoms with Crippen LogP contribution < -0.4 is 15.6 Å². The third kappa shape index (κ3) is 3.28. The van der Waals surface area contributed by atoms with Crippen LogP contribution in [0.3, 0.4) is 0 Å². The fraction of sp³-hybridized carbons (Fsp3) is 0.263. The van der Waals surface area contributed by atoms with Gasteiger partial charge in [0.15, 0.2) is 11.2 Å². The van der Waals surface area contributed by atoms with Gasteiger partial charge in [0, 0.05) is 19.2 Å². The van der Waals surface area contributed by atoms with Crippen LogP contribution in [0.4, 0.5) is 11.6 Å². The number of hydrogen-bond acceptors (Lipinski definition) is 6. The first-order valence-corrected chi connectivity index (χ1v) is 8.62. The number of rotatable bonds is 3. The van der Waals surface area contributed by atoms with E-state index in [0.29, 0.717) is 22.6 Å². The molecule has 0 bridgehead atoms. The van der Waals surface area contributed by atoms with E-state index in [1.165, 1.54) is 12.5 Å². The topological polar surface area (TPSA) is 88.3 Å². The first kappa shape index (κ1) is 16.3. The van der Waals surface area contributed by atoms with E-state index >= 15 is 0 Å². The lowest BCUT2D eigenvalue weighted by molar-refractivity contribution is 0.0997. The highest BCUT2D eigenvalue weighted by atomic mass is 16.3. The van der Waals surface area contributed by atoms with Crippen molar-refractivity contribution in [3.63, 3.8) is 0 Å². The van der Waals surface area contributed by atoms with E-state index in [1.54, 1.807) is 36.7 Å². The van der Waals surface area contributed by atoms with Crippen LogP contribution in [0, 0.1) is 0 Å². The summed E-state index contributed by atoms with van der Waals surface area (Å²) in [7, 11) is 0. The number of aromatic nitrogens is 2. The summed E-state index contributed by atoms with van der Waals surface area (Å²) in [6, 6.07) is 8.01. The zero-order chi connectivity index (χ0) is 17.9. The van der Waals surface area contributed by atoms with E-state index in [2.05, 4.69) is 20.2 Å². The highest BCUT2D eigenvalue weighted by molar-refractivity contribution is 6.02. The molecule has 1 aliphatic heterocycles. The first-order chi connectivity index (χ1) is 12.7. The number of para-hydroxylation sites is 1. The molecule has 7 heteroatoms. The molecule has 1 saturated heterocycles. The lowest BCUT2D eigenvalue weighted by Gasteiger charge is -2.26. The molecule has 3 aromatic rings. The average molecular weight is 350 g/mol. The SMILES string of the molecule is O=C(Nc1cnc(N2CCCCC2)nc1)c1cc(=O)c2ccccc2o1. The minimum absolute atomic E-state index is 0.0474. The van der Waals surface area contributed by atoms with Crippen LogP contribution in [0.15, 0.2) is 51.9 Å². The van der Waals surface area contributed by atoms with Crippen molar-refractivity contribution in [1.29, 1.82) is 0 Å². The van der Waals surface area contributed by atoms with Gasteiger partial charge in [0.05, 0.1) is 23.5 Å². The van der Waals surface area contributed by atoms with Crippen molar-refractivity contribution in [1.82, 2.24) is 9.97 Å². The third-order valence-electron chi connectivity index (χ3n) is 4.39. The third-order valence-corrected chi connectivity index (χ3v) is 4.39. The Morgan fingerprint density at radius 1 is 1.08 bits per heavy atom. The molecule has 1 aromatic carbocycles. The molecule has 2 aromatic heterocycles. The number of nitrogens with zero attached hydrogens (tertiary/aromatic N) is 3. The Morgan fingerprint density at radius 3 is 2.58 bits per heavy atom. The molecule has 7 nitrogen and oxygen atoms in total. The largest absolute Gasteiger partial charge is 0.451 e. The van der Waals surface area contributed by atoms with E-state index in [9.17, 15) is 9.59 Å². The highest BCUT2D eigenvalue weighted by Crippen LogP contribution is 2.17. The smallest absolute Gasteiger partial charge is 0.291 e. The number of carbonyl (C=O) groups is 1. The zero-order valence-electron chi connectivity index (χ0n) is 14.1. The van der Waals surface area contributed by atoms with Gasteiger partial charge in [-0.25, -0.2) is 9.97 Å². The van der Waals surface area contributed by atoms with E-state index in [-0.39, 0.29) is 11.2 Å². The Labute approximate surface area is 149 Å². The van der Waals surface area contributed by atoms with Gasteiger partial charge >= 0.3 is 0 Å². The second kappa shape index (κ2) is 6.95. The van der Waals surface area contributed by atoms with Crippen LogP contribution in [0.1, 0.15) is 29.8 Å². The van der Waals surface area contributed by atoms with Crippen molar-refractivity contribution in [2.75, 3.05) is 23.3 Å². The van der Waals surface area contributed by atoms with Gasteiger partial charge in [-0.1, -0.05) is 12.1 Å². The number of benzene rings is 1. The normalized spacial score (nSPS) is 14.4. The van der Waals surface area contributed by atoms with Crippen molar-refractivity contribution in [2.45, 2.75) is 19.3 Å². The van der Waals surface area contributed by atoms with Gasteiger partial charge in [0.25, 0.3) is 5.91 Å². The van der Waals surface area contributed by atoms with Crippen molar-refractivity contribution in [3.05, 3.63) is 58.7 Å². The molecule has 4 rings (SSSR count). The maximum atomic E-state index is 12.4. The molecule has 0 spiro atoms. The minimum Gasteiger partial charge on any atom is -0.451 e. The maximum absolute atomic E-state index is 12.4. The summed E-state index contributed by atoms with van der Waals surface area (Å²) in [5.74, 6) is 0.107. The van der Waals surface area contributed by atoms with Crippen molar-refractivity contribution in [2.24, 2.45) is 0 Å². The second-order valence-electron chi connectivity index (χ2n) is 6.24. The Hall–Kier alpha value is -3.22. The van der Waals surface area contributed by atoms with Crippen LogP contribution >= 0.6 is 0 Å². The van der Waals surface area contributed by atoms with Gasteiger partial charge in [-0.05, 0) is 31.4 Å². The van der Waals surface area contributed by atoms with Crippen molar-refractivity contribution < 1.29 is 9.21 Å². The number of fused-ring (bicyclic) bond motifs is 1. The highest BCUT2D eigenvalue weighted by Gasteiger charge is 2.15. The van der Waals surface area contributed by atoms with Crippen LogP contribution in [0.25, 0.3) is 11.0 Å². The summed E-state index contributed by atoms with van der Waals surface area (Å²) < 4.78 is 5.53. The number of hydrogen-bond donors (Lipinski definition) is 1. The molecule has 132 valence electrons. The molecule has 0 unspecified atom stereocenters. The predicted molar refractivity (Wildman–Crippen MR) is 98.5 cm³/mol. The van der Waals surface area contributed by atoms with Gasteiger partial charge in [-0.15, -0.1) is 0 Å². The van der Waals surface area contributed by atoms with Crippen LogP contribution in [0.2, 0.25) is 0 Å². The lowest BCUT2D eigenvalue weighted by Crippen LogP contribution is -2.30.